The van der Waals surface area contributed by atoms with Gasteiger partial charge >= 0.3 is 0 Å². The van der Waals surface area contributed by atoms with Crippen LogP contribution in [-0.4, -0.2) is 48.6 Å². The number of fused-ring (bicyclic) bond motifs is 1. The molecule has 0 radical (unpaired) electrons. The predicted octanol–water partition coefficient (Wildman–Crippen LogP) is 3.89. The van der Waals surface area contributed by atoms with E-state index >= 15 is 0 Å². The van der Waals surface area contributed by atoms with Gasteiger partial charge in [0.05, 0.1) is 28.5 Å². The summed E-state index contributed by atoms with van der Waals surface area (Å²) in [6.45, 7) is 0.743. The van der Waals surface area contributed by atoms with Crippen LogP contribution in [0, 0.1) is 11.6 Å². The Morgan fingerprint density at radius 2 is 1.97 bits per heavy atom. The fourth-order valence-electron chi connectivity index (χ4n) is 4.31. The summed E-state index contributed by atoms with van der Waals surface area (Å²) in [5, 5.41) is 4.01. The molecule has 0 bridgehead atoms. The number of likely N-dealkylation sites (tertiary alicyclic amines) is 1. The number of hydrogen-bond donors (Lipinski definition) is 2. The number of carbonyl (C=O) groups is 1. The summed E-state index contributed by atoms with van der Waals surface area (Å²) in [7, 11) is 1.80. The smallest absolute Gasteiger partial charge is 0.256 e. The van der Waals surface area contributed by atoms with Gasteiger partial charge in [-0.3, -0.25) is 9.48 Å². The van der Waals surface area contributed by atoms with Gasteiger partial charge in [0.15, 0.2) is 5.65 Å². The van der Waals surface area contributed by atoms with E-state index in [1.165, 1.54) is 12.3 Å². The number of aromatic amines is 1. The van der Waals surface area contributed by atoms with Crippen molar-refractivity contribution in [1.29, 1.82) is 0 Å². The second-order valence-electron chi connectivity index (χ2n) is 8.13. The molecule has 1 aliphatic rings. The number of amides is 1. The van der Waals surface area contributed by atoms with E-state index in [0.29, 0.717) is 48.5 Å². The standard InChI is InChI=1S/C22H20ClF2N7O/c1-31-10-12(8-28-31)20-29-19-18(16(25)9-27-21(19)30-20)11-2-4-32(5-3-11)22(33)13-6-15(24)14(23)7-17(13)26/h6-11H,2-5,26H2,1H3,(H,27,29,30). The van der Waals surface area contributed by atoms with E-state index in [0.717, 1.165) is 11.6 Å². The molecule has 33 heavy (non-hydrogen) atoms. The fraction of sp³-hybridized carbons (Fsp3) is 0.273. The Hall–Kier alpha value is -3.53. The molecule has 4 aromatic rings. The molecule has 0 atom stereocenters. The van der Waals surface area contributed by atoms with Crippen LogP contribution in [-0.2, 0) is 7.05 Å². The Bertz CT molecular complexity index is 1370. The van der Waals surface area contributed by atoms with Crippen LogP contribution in [0.2, 0.25) is 5.02 Å². The lowest BCUT2D eigenvalue weighted by molar-refractivity contribution is 0.0713. The third-order valence-electron chi connectivity index (χ3n) is 6.00. The van der Waals surface area contributed by atoms with Crippen molar-refractivity contribution in [3.63, 3.8) is 0 Å². The highest BCUT2D eigenvalue weighted by molar-refractivity contribution is 6.31. The quantitative estimate of drug-likeness (QED) is 0.441. The molecule has 4 heterocycles. The van der Waals surface area contributed by atoms with Gasteiger partial charge in [-0.05, 0) is 30.9 Å². The summed E-state index contributed by atoms with van der Waals surface area (Å²) in [5.41, 5.74) is 8.29. The van der Waals surface area contributed by atoms with Crippen LogP contribution in [0.3, 0.4) is 0 Å². The summed E-state index contributed by atoms with van der Waals surface area (Å²) >= 11 is 5.73. The first kappa shape index (κ1) is 21.3. The average molecular weight is 472 g/mol. The van der Waals surface area contributed by atoms with Gasteiger partial charge in [0.2, 0.25) is 0 Å². The van der Waals surface area contributed by atoms with Crippen LogP contribution in [0.15, 0.2) is 30.7 Å². The fourth-order valence-corrected chi connectivity index (χ4v) is 4.48. The predicted molar refractivity (Wildman–Crippen MR) is 120 cm³/mol. The van der Waals surface area contributed by atoms with Crippen molar-refractivity contribution >= 4 is 34.4 Å². The molecule has 5 rings (SSSR count). The summed E-state index contributed by atoms with van der Waals surface area (Å²) in [4.78, 5) is 26.4. The van der Waals surface area contributed by atoms with E-state index in [9.17, 15) is 13.6 Å². The number of anilines is 1. The Morgan fingerprint density at radius 3 is 2.67 bits per heavy atom. The van der Waals surface area contributed by atoms with Gasteiger partial charge in [0.25, 0.3) is 5.91 Å². The summed E-state index contributed by atoms with van der Waals surface area (Å²) in [6, 6.07) is 2.29. The SMILES string of the molecule is Cn1cc(-c2nc3c(C4CCN(C(=O)c5cc(F)c(Cl)cc5N)CC4)c(F)cnc3[nH]2)cn1. The Kier molecular flexibility index (Phi) is 5.24. The lowest BCUT2D eigenvalue weighted by Crippen LogP contribution is -2.38. The Labute approximate surface area is 192 Å². The zero-order valence-electron chi connectivity index (χ0n) is 17.6. The van der Waals surface area contributed by atoms with Crippen LogP contribution in [0.1, 0.15) is 34.7 Å². The Balaban J connectivity index is 1.39. The number of pyridine rings is 1. The largest absolute Gasteiger partial charge is 0.398 e. The number of benzene rings is 1. The lowest BCUT2D eigenvalue weighted by atomic mass is 9.88. The molecule has 1 amide bonds. The molecule has 1 saturated heterocycles. The van der Waals surface area contributed by atoms with Crippen LogP contribution in [0.25, 0.3) is 22.6 Å². The number of nitrogens with one attached hydrogen (secondary N) is 1. The van der Waals surface area contributed by atoms with Gasteiger partial charge < -0.3 is 15.6 Å². The molecule has 11 heteroatoms. The highest BCUT2D eigenvalue weighted by Crippen LogP contribution is 2.35. The summed E-state index contributed by atoms with van der Waals surface area (Å²) in [6.07, 6.45) is 5.71. The molecule has 1 fully saturated rings. The van der Waals surface area contributed by atoms with E-state index in [-0.39, 0.29) is 28.1 Å². The highest BCUT2D eigenvalue weighted by atomic mass is 35.5. The number of imidazole rings is 1. The van der Waals surface area contributed by atoms with Crippen LogP contribution in [0.5, 0.6) is 0 Å². The second-order valence-corrected chi connectivity index (χ2v) is 8.53. The van der Waals surface area contributed by atoms with Crippen LogP contribution < -0.4 is 5.73 Å². The third-order valence-corrected chi connectivity index (χ3v) is 6.29. The Morgan fingerprint density at radius 1 is 1.21 bits per heavy atom. The zero-order chi connectivity index (χ0) is 23.3. The lowest BCUT2D eigenvalue weighted by Gasteiger charge is -2.32. The number of H-pyrrole nitrogens is 1. The number of hydrogen-bond acceptors (Lipinski definition) is 5. The zero-order valence-corrected chi connectivity index (χ0v) is 18.4. The number of halogens is 3. The minimum absolute atomic E-state index is 0.0706. The minimum Gasteiger partial charge on any atom is -0.398 e. The molecule has 8 nitrogen and oxygen atoms in total. The number of nitrogen functional groups attached to an aromatic ring is 1. The molecule has 1 aromatic carbocycles. The van der Waals surface area contributed by atoms with Gasteiger partial charge in [0, 0.05) is 37.6 Å². The maximum Gasteiger partial charge on any atom is 0.256 e. The van der Waals surface area contributed by atoms with Crippen molar-refractivity contribution in [2.45, 2.75) is 18.8 Å². The van der Waals surface area contributed by atoms with Crippen molar-refractivity contribution in [1.82, 2.24) is 29.6 Å². The van der Waals surface area contributed by atoms with Crippen molar-refractivity contribution < 1.29 is 13.6 Å². The molecule has 170 valence electrons. The molecule has 3 N–H and O–H groups in total. The molecule has 0 unspecified atom stereocenters. The monoisotopic (exact) mass is 471 g/mol. The number of aryl methyl sites for hydroxylation is 1. The second kappa shape index (κ2) is 8.11. The van der Waals surface area contributed by atoms with E-state index in [2.05, 4.69) is 20.1 Å². The van der Waals surface area contributed by atoms with Crippen molar-refractivity contribution in [2.24, 2.45) is 7.05 Å². The number of nitrogens with zero attached hydrogens (tertiary/aromatic N) is 5. The highest BCUT2D eigenvalue weighted by Gasteiger charge is 2.30. The number of nitrogens with two attached hydrogens (primary N) is 1. The van der Waals surface area contributed by atoms with Gasteiger partial charge in [-0.1, -0.05) is 11.6 Å². The van der Waals surface area contributed by atoms with Crippen molar-refractivity contribution in [3.8, 4) is 11.4 Å². The molecule has 0 saturated carbocycles. The summed E-state index contributed by atoms with van der Waals surface area (Å²) < 4.78 is 30.4. The molecular weight excluding hydrogens is 452 g/mol. The van der Waals surface area contributed by atoms with Gasteiger partial charge in [0.1, 0.15) is 23.0 Å². The van der Waals surface area contributed by atoms with Gasteiger partial charge in [-0.25, -0.2) is 18.7 Å². The summed E-state index contributed by atoms with van der Waals surface area (Å²) in [5.74, 6) is -1.09. The third kappa shape index (κ3) is 3.80. The maximum absolute atomic E-state index is 14.9. The first-order valence-corrected chi connectivity index (χ1v) is 10.8. The van der Waals surface area contributed by atoms with Gasteiger partial charge in [-0.2, -0.15) is 5.10 Å². The van der Waals surface area contributed by atoms with E-state index in [1.54, 1.807) is 22.8 Å². The van der Waals surface area contributed by atoms with E-state index in [1.807, 2.05) is 6.20 Å². The first-order valence-electron chi connectivity index (χ1n) is 10.4. The molecular formula is C22H20ClF2N7O. The minimum atomic E-state index is -0.701. The van der Waals surface area contributed by atoms with Crippen LogP contribution in [0.4, 0.5) is 14.5 Å². The first-order chi connectivity index (χ1) is 15.8. The topological polar surface area (TPSA) is 106 Å². The number of aromatic nitrogens is 5. The maximum atomic E-state index is 14.9. The molecule has 0 aliphatic carbocycles. The van der Waals surface area contributed by atoms with E-state index < -0.39 is 11.6 Å². The normalized spacial score (nSPS) is 14.8. The average Bonchev–Trinajstić information content (AvgIpc) is 3.42. The van der Waals surface area contributed by atoms with E-state index in [4.69, 9.17) is 17.3 Å². The molecule has 0 spiro atoms. The number of rotatable bonds is 3. The van der Waals surface area contributed by atoms with Crippen LogP contribution >= 0.6 is 11.6 Å². The molecule has 3 aromatic heterocycles. The number of piperidine rings is 1. The number of carbonyl (C=O) groups excluding carboxylic acids is 1. The van der Waals surface area contributed by atoms with Crippen molar-refractivity contribution in [3.05, 3.63) is 58.5 Å². The van der Waals surface area contributed by atoms with Gasteiger partial charge in [-0.15, -0.1) is 0 Å². The molecule has 1 aliphatic heterocycles. The van der Waals surface area contributed by atoms with Crippen molar-refractivity contribution in [2.75, 3.05) is 18.8 Å².